The van der Waals surface area contributed by atoms with Crippen molar-refractivity contribution in [2.45, 2.75) is 22.0 Å². The van der Waals surface area contributed by atoms with E-state index in [0.29, 0.717) is 17.1 Å². The summed E-state index contributed by atoms with van der Waals surface area (Å²) >= 11 is 0. The normalized spacial score (nSPS) is 13.6. The van der Waals surface area contributed by atoms with Crippen molar-refractivity contribution in [1.29, 1.82) is 0 Å². The molecule has 1 atom stereocenters. The van der Waals surface area contributed by atoms with E-state index in [9.17, 15) is 9.59 Å². The number of fused-ring (bicyclic) bond motifs is 2. The number of Topliss-reactive ketones (excluding diaryl/α,β-unsaturated/α-hetero) is 2. The summed E-state index contributed by atoms with van der Waals surface area (Å²) in [5, 5.41) is -0.761. The Morgan fingerprint density at radius 3 is 1.65 bits per heavy atom. The fourth-order valence-electron chi connectivity index (χ4n) is 3.13. The Kier molecular flexibility index (Phi) is 7.11. The first-order chi connectivity index (χ1) is 14.7. The summed E-state index contributed by atoms with van der Waals surface area (Å²) in [5.41, 5.74) is 0.557. The Hall–Kier alpha value is -2.72. The third-order valence-corrected chi connectivity index (χ3v) is 6.93. The molecular formula is C22H17ClO7S. The number of hydrogen-bond donors (Lipinski definition) is 0. The fourth-order valence-corrected chi connectivity index (χ4v) is 5.66. The number of rotatable bonds is 4. The fraction of sp³-hybridized carbons (Fsp3) is 0.0909. The van der Waals surface area contributed by atoms with Crippen molar-refractivity contribution in [2.24, 2.45) is 0 Å². The number of ether oxygens (including phenoxy) is 1. The van der Waals surface area contributed by atoms with E-state index >= 15 is 0 Å². The van der Waals surface area contributed by atoms with Crippen LogP contribution < -0.4 is 23.4 Å². The first kappa shape index (κ1) is 23.0. The molecule has 1 unspecified atom stereocenters. The number of para-hydroxylation sites is 2. The minimum Gasteiger partial charge on any atom is -0.447 e. The van der Waals surface area contributed by atoms with Crippen molar-refractivity contribution < 1.29 is 43.2 Å². The summed E-state index contributed by atoms with van der Waals surface area (Å²) in [7, 11) is -5.66. The number of hydrogen-bond acceptors (Lipinski definition) is 7. The minimum atomic E-state index is -4.94. The molecule has 0 bridgehead atoms. The number of benzene rings is 3. The van der Waals surface area contributed by atoms with E-state index in [-0.39, 0.29) is 11.6 Å². The van der Waals surface area contributed by atoms with E-state index in [1.165, 1.54) is 6.92 Å². The van der Waals surface area contributed by atoms with Gasteiger partial charge in [0.15, 0.2) is 17.3 Å². The van der Waals surface area contributed by atoms with Gasteiger partial charge in [0.2, 0.25) is 20.8 Å². The van der Waals surface area contributed by atoms with Crippen LogP contribution in [0.4, 0.5) is 0 Å². The highest BCUT2D eigenvalue weighted by Crippen LogP contribution is 2.45. The van der Waals surface area contributed by atoms with Crippen LogP contribution in [0.25, 0.3) is 0 Å². The molecule has 160 valence electrons. The maximum Gasteiger partial charge on any atom is 0.248 e. The summed E-state index contributed by atoms with van der Waals surface area (Å²) < 4.78 is 40.0. The van der Waals surface area contributed by atoms with Gasteiger partial charge in [-0.05, 0) is 24.3 Å². The predicted octanol–water partition coefficient (Wildman–Crippen LogP) is -0.0869. The van der Waals surface area contributed by atoms with Crippen LogP contribution >= 0.6 is 0 Å². The molecule has 3 aromatic rings. The number of ketones is 2. The molecule has 0 radical (unpaired) electrons. The van der Waals surface area contributed by atoms with Gasteiger partial charge in [-0.15, -0.1) is 10.2 Å². The lowest BCUT2D eigenvalue weighted by atomic mass is 10.1. The summed E-state index contributed by atoms with van der Waals surface area (Å²) in [4.78, 5) is 27.7. The predicted molar refractivity (Wildman–Crippen MR) is 102 cm³/mol. The van der Waals surface area contributed by atoms with Crippen molar-refractivity contribution in [1.82, 2.24) is 0 Å². The SMILES string of the molecule is CC(=O)C(C(=O)c1ccccc1)[S+]1c2ccccc2Oc2ccccc21.[O-][Cl+3]([O-])([O-])[O-]. The van der Waals surface area contributed by atoms with E-state index in [1.54, 1.807) is 12.1 Å². The average Bonchev–Trinajstić information content (AvgIpc) is 2.72. The first-order valence-electron chi connectivity index (χ1n) is 8.97. The van der Waals surface area contributed by atoms with Crippen molar-refractivity contribution in [3.63, 3.8) is 0 Å². The van der Waals surface area contributed by atoms with Crippen LogP contribution in [-0.2, 0) is 15.7 Å². The van der Waals surface area contributed by atoms with Crippen LogP contribution in [-0.4, -0.2) is 16.8 Å². The van der Waals surface area contributed by atoms with Gasteiger partial charge in [-0.3, -0.25) is 9.59 Å². The van der Waals surface area contributed by atoms with Gasteiger partial charge < -0.3 is 4.74 Å². The number of carbonyl (C=O) groups excluding carboxylic acids is 2. The van der Waals surface area contributed by atoms with Crippen molar-refractivity contribution in [2.75, 3.05) is 0 Å². The summed E-state index contributed by atoms with van der Waals surface area (Å²) in [6.07, 6.45) is 0. The van der Waals surface area contributed by atoms with Crippen LogP contribution in [0.5, 0.6) is 11.5 Å². The molecule has 1 aliphatic rings. The highest BCUT2D eigenvalue weighted by molar-refractivity contribution is 7.99. The van der Waals surface area contributed by atoms with Gasteiger partial charge in [-0.1, -0.05) is 54.6 Å². The lowest BCUT2D eigenvalue weighted by molar-refractivity contribution is -2.00. The van der Waals surface area contributed by atoms with Gasteiger partial charge in [-0.2, -0.15) is 0 Å². The monoisotopic (exact) mass is 460 g/mol. The molecular weight excluding hydrogens is 444 g/mol. The van der Waals surface area contributed by atoms with E-state index < -0.39 is 26.4 Å². The summed E-state index contributed by atoms with van der Waals surface area (Å²) in [6, 6.07) is 24.3. The average molecular weight is 461 g/mol. The lowest BCUT2D eigenvalue weighted by Crippen LogP contribution is -2.68. The first-order valence-corrected chi connectivity index (χ1v) is 11.5. The number of halogens is 1. The summed E-state index contributed by atoms with van der Waals surface area (Å²) in [6.45, 7) is 1.50. The Balaban J connectivity index is 0.000000491. The molecule has 3 aromatic carbocycles. The second kappa shape index (κ2) is 9.61. The Morgan fingerprint density at radius 1 is 0.774 bits per heavy atom. The largest absolute Gasteiger partial charge is 0.447 e. The maximum atomic E-state index is 13.3. The molecule has 0 spiro atoms. The molecule has 1 aliphatic heterocycles. The third kappa shape index (κ3) is 5.71. The van der Waals surface area contributed by atoms with Crippen LogP contribution in [0.2, 0.25) is 0 Å². The van der Waals surface area contributed by atoms with E-state index in [1.807, 2.05) is 66.7 Å². The van der Waals surface area contributed by atoms with Gasteiger partial charge in [-0.25, -0.2) is 18.6 Å². The molecule has 7 nitrogen and oxygen atoms in total. The second-order valence-corrected chi connectivity index (χ2v) is 9.21. The van der Waals surface area contributed by atoms with Gasteiger partial charge in [0, 0.05) is 12.5 Å². The Morgan fingerprint density at radius 2 is 1.19 bits per heavy atom. The molecule has 0 N–H and O–H groups in total. The zero-order chi connectivity index (χ0) is 22.6. The lowest BCUT2D eigenvalue weighted by Gasteiger charge is -2.23. The van der Waals surface area contributed by atoms with Gasteiger partial charge >= 0.3 is 0 Å². The van der Waals surface area contributed by atoms with Crippen molar-refractivity contribution in [3.8, 4) is 11.5 Å². The maximum absolute atomic E-state index is 13.3. The van der Waals surface area contributed by atoms with Crippen LogP contribution in [0, 0.1) is 10.2 Å². The van der Waals surface area contributed by atoms with Gasteiger partial charge in [0.05, 0.1) is 10.9 Å². The molecule has 4 rings (SSSR count). The quantitative estimate of drug-likeness (QED) is 0.301. The smallest absolute Gasteiger partial charge is 0.248 e. The molecule has 0 fully saturated rings. The van der Waals surface area contributed by atoms with Crippen LogP contribution in [0.3, 0.4) is 0 Å². The summed E-state index contributed by atoms with van der Waals surface area (Å²) in [5.74, 6) is 1.14. The third-order valence-electron chi connectivity index (χ3n) is 4.29. The standard InChI is InChI=1S/C22H17O3S.ClHO4/c1-15(23)22(21(24)16-9-3-2-4-10-16)26-19-13-7-5-11-17(19)25-18-12-6-8-14-20(18)26;2-1(3,4)5/h2-14,22H,1H3;(H,2,3,4,5)/q+1;/p-1. The molecule has 0 aliphatic carbocycles. The number of carbonyl (C=O) groups is 2. The topological polar surface area (TPSA) is 136 Å². The van der Waals surface area contributed by atoms with E-state index in [0.717, 1.165) is 9.79 Å². The van der Waals surface area contributed by atoms with Gasteiger partial charge in [0.25, 0.3) is 0 Å². The Bertz CT molecular complexity index is 1030. The molecule has 0 saturated heterocycles. The highest BCUT2D eigenvalue weighted by atomic mass is 35.7. The van der Waals surface area contributed by atoms with E-state index in [4.69, 9.17) is 23.4 Å². The van der Waals surface area contributed by atoms with Crippen LogP contribution in [0.1, 0.15) is 17.3 Å². The van der Waals surface area contributed by atoms with Gasteiger partial charge in [0.1, 0.15) is 0 Å². The van der Waals surface area contributed by atoms with Crippen LogP contribution in [0.15, 0.2) is 88.7 Å². The molecule has 31 heavy (non-hydrogen) atoms. The zero-order valence-electron chi connectivity index (χ0n) is 16.2. The highest BCUT2D eigenvalue weighted by Gasteiger charge is 2.49. The molecule has 1 heterocycles. The second-order valence-electron chi connectivity index (χ2n) is 6.43. The molecule has 0 amide bonds. The van der Waals surface area contributed by atoms with E-state index in [2.05, 4.69) is 0 Å². The Labute approximate surface area is 183 Å². The van der Waals surface area contributed by atoms with Crippen molar-refractivity contribution >= 4 is 22.5 Å². The van der Waals surface area contributed by atoms with Crippen molar-refractivity contribution in [3.05, 3.63) is 84.4 Å². The minimum absolute atomic E-state index is 0.131. The molecule has 0 saturated carbocycles. The zero-order valence-corrected chi connectivity index (χ0v) is 17.8. The molecule has 9 heteroatoms. The molecule has 0 aromatic heterocycles.